The first kappa shape index (κ1) is 26.9. The maximum absolute atomic E-state index is 13.8. The van der Waals surface area contributed by atoms with E-state index in [1.807, 2.05) is 51.9 Å². The van der Waals surface area contributed by atoms with Crippen LogP contribution in [0.3, 0.4) is 0 Å². The first-order chi connectivity index (χ1) is 19.6. The molecule has 0 radical (unpaired) electrons. The number of thioether (sulfide) groups is 1. The monoisotopic (exact) mass is 574 g/mol. The van der Waals surface area contributed by atoms with Crippen molar-refractivity contribution >= 4 is 44.9 Å². The number of carbonyl (C=O) groups is 1. The highest BCUT2D eigenvalue weighted by molar-refractivity contribution is 7.99. The molecule has 3 heterocycles. The normalized spacial score (nSPS) is 15.3. The van der Waals surface area contributed by atoms with E-state index in [-0.39, 0.29) is 11.5 Å². The molecule has 0 atom stereocenters. The number of hydrogen-bond donors (Lipinski definition) is 0. The van der Waals surface area contributed by atoms with Gasteiger partial charge in [0.1, 0.15) is 10.6 Å². The van der Waals surface area contributed by atoms with Gasteiger partial charge in [0, 0.05) is 48.9 Å². The maximum Gasteiger partial charge on any atom is 0.263 e. The lowest BCUT2D eigenvalue weighted by Crippen LogP contribution is -2.48. The minimum Gasteiger partial charge on any atom is -0.497 e. The zero-order valence-electron chi connectivity index (χ0n) is 22.8. The molecule has 1 aliphatic heterocycles. The lowest BCUT2D eigenvalue weighted by molar-refractivity contribution is -0.131. The van der Waals surface area contributed by atoms with Crippen molar-refractivity contribution in [3.05, 3.63) is 81.0 Å². The Hall–Kier alpha value is -3.30. The molecule has 208 valence electrons. The smallest absolute Gasteiger partial charge is 0.263 e. The van der Waals surface area contributed by atoms with Crippen LogP contribution in [0.25, 0.3) is 10.2 Å². The van der Waals surface area contributed by atoms with Gasteiger partial charge >= 0.3 is 0 Å². The molecule has 1 amide bonds. The Kier molecular flexibility index (Phi) is 8.11. The third kappa shape index (κ3) is 5.63. The Morgan fingerprint density at radius 3 is 2.50 bits per heavy atom. The van der Waals surface area contributed by atoms with Crippen LogP contribution < -0.4 is 15.2 Å². The van der Waals surface area contributed by atoms with Gasteiger partial charge in [-0.3, -0.25) is 14.2 Å². The second-order valence-corrected chi connectivity index (χ2v) is 12.5. The van der Waals surface area contributed by atoms with Crippen LogP contribution in [-0.4, -0.2) is 59.4 Å². The van der Waals surface area contributed by atoms with E-state index in [2.05, 4.69) is 17.0 Å². The molecule has 0 saturated carbocycles. The van der Waals surface area contributed by atoms with Crippen molar-refractivity contribution in [3.63, 3.8) is 0 Å². The number of fused-ring (bicyclic) bond motifs is 3. The summed E-state index contributed by atoms with van der Waals surface area (Å²) in [4.78, 5) is 38.4. The summed E-state index contributed by atoms with van der Waals surface area (Å²) in [5, 5.41) is 1.52. The summed E-state index contributed by atoms with van der Waals surface area (Å²) in [6, 6.07) is 18.1. The van der Waals surface area contributed by atoms with E-state index in [4.69, 9.17) is 9.72 Å². The first-order valence-electron chi connectivity index (χ1n) is 14.0. The topological polar surface area (TPSA) is 67.7 Å². The number of benzene rings is 2. The molecule has 0 bridgehead atoms. The van der Waals surface area contributed by atoms with E-state index in [0.717, 1.165) is 59.6 Å². The fraction of sp³-hybridized carbons (Fsp3) is 0.387. The molecule has 2 aromatic heterocycles. The lowest BCUT2D eigenvalue weighted by Gasteiger charge is -2.36. The molecule has 1 saturated heterocycles. The van der Waals surface area contributed by atoms with Gasteiger partial charge in [-0.05, 0) is 61.1 Å². The molecule has 0 N–H and O–H groups in total. The maximum atomic E-state index is 13.8. The number of hydrogen-bond acceptors (Lipinski definition) is 7. The van der Waals surface area contributed by atoms with Crippen LogP contribution >= 0.6 is 23.1 Å². The van der Waals surface area contributed by atoms with Crippen LogP contribution in [0.2, 0.25) is 0 Å². The highest BCUT2D eigenvalue weighted by atomic mass is 32.2. The van der Waals surface area contributed by atoms with Crippen molar-refractivity contribution in [3.8, 4) is 5.75 Å². The zero-order chi connectivity index (χ0) is 27.5. The van der Waals surface area contributed by atoms with Crippen LogP contribution in [-0.2, 0) is 24.2 Å². The van der Waals surface area contributed by atoms with E-state index in [1.165, 1.54) is 28.6 Å². The number of aromatic nitrogens is 2. The summed E-state index contributed by atoms with van der Waals surface area (Å²) >= 11 is 3.20. The fourth-order valence-electron chi connectivity index (χ4n) is 5.63. The highest BCUT2D eigenvalue weighted by Gasteiger charge is 2.24. The third-order valence-corrected chi connectivity index (χ3v) is 10.0. The second-order valence-electron chi connectivity index (χ2n) is 10.3. The minimum absolute atomic E-state index is 0.0525. The van der Waals surface area contributed by atoms with Crippen LogP contribution in [0.1, 0.15) is 35.3 Å². The number of rotatable bonds is 8. The molecule has 7 nitrogen and oxygen atoms in total. The van der Waals surface area contributed by atoms with Gasteiger partial charge in [0.05, 0.1) is 19.0 Å². The van der Waals surface area contributed by atoms with E-state index >= 15 is 0 Å². The molecule has 9 heteroatoms. The standard InChI is InChI=1S/C31H34N4O3S2/c1-38-24-13-11-23(12-14-24)33-16-18-34(19-17-33)27(36)15-20-39-31-32-29-28(25-9-5-6-10-26(25)40-29)30(37)35(31)21-22-7-3-2-4-8-22/h2-4,7-8,11-14H,5-6,9-10,15-21H2,1H3. The quantitative estimate of drug-likeness (QED) is 0.212. The average Bonchev–Trinajstić information content (AvgIpc) is 3.38. The van der Waals surface area contributed by atoms with Crippen molar-refractivity contribution in [2.45, 2.75) is 43.8 Å². The van der Waals surface area contributed by atoms with Gasteiger partial charge in [-0.25, -0.2) is 4.98 Å². The van der Waals surface area contributed by atoms with Gasteiger partial charge in [0.25, 0.3) is 5.56 Å². The number of nitrogens with zero attached hydrogens (tertiary/aromatic N) is 4. The number of methoxy groups -OCH3 is 1. The van der Waals surface area contributed by atoms with Gasteiger partial charge in [-0.1, -0.05) is 42.1 Å². The molecule has 0 spiro atoms. The fourth-order valence-corrected chi connectivity index (χ4v) is 7.86. The summed E-state index contributed by atoms with van der Waals surface area (Å²) in [5.74, 6) is 1.60. The van der Waals surface area contributed by atoms with Crippen LogP contribution in [0.15, 0.2) is 64.5 Å². The van der Waals surface area contributed by atoms with Crippen LogP contribution in [0, 0.1) is 0 Å². The molecule has 2 aliphatic rings. The second kappa shape index (κ2) is 12.1. The number of carbonyl (C=O) groups excluding carboxylic acids is 1. The molecule has 6 rings (SSSR count). The van der Waals surface area contributed by atoms with Crippen molar-refractivity contribution in [1.82, 2.24) is 14.5 Å². The number of anilines is 1. The summed E-state index contributed by atoms with van der Waals surface area (Å²) in [6.45, 7) is 3.52. The van der Waals surface area contributed by atoms with Gasteiger partial charge in [0.2, 0.25) is 5.91 Å². The lowest BCUT2D eigenvalue weighted by atomic mass is 9.97. The molecular weight excluding hydrogens is 541 g/mol. The van der Waals surface area contributed by atoms with Crippen molar-refractivity contribution in [1.29, 1.82) is 0 Å². The number of piperazine rings is 1. The van der Waals surface area contributed by atoms with Crippen molar-refractivity contribution in [2.24, 2.45) is 0 Å². The number of ether oxygens (including phenoxy) is 1. The number of aryl methyl sites for hydroxylation is 2. The van der Waals surface area contributed by atoms with E-state index in [9.17, 15) is 9.59 Å². The van der Waals surface area contributed by atoms with Gasteiger partial charge < -0.3 is 14.5 Å². The molecule has 40 heavy (non-hydrogen) atoms. The van der Waals surface area contributed by atoms with Crippen molar-refractivity contribution in [2.75, 3.05) is 43.9 Å². The Bertz CT molecular complexity index is 1540. The SMILES string of the molecule is COc1ccc(N2CCN(C(=O)CCSc3nc4sc5c(c4c(=O)n3Cc3ccccc3)CCCC5)CC2)cc1. The minimum atomic E-state index is 0.0525. The van der Waals surface area contributed by atoms with Gasteiger partial charge in [0.15, 0.2) is 5.16 Å². The predicted octanol–water partition coefficient (Wildman–Crippen LogP) is 5.22. The molecule has 1 fully saturated rings. The Labute approximate surface area is 242 Å². The first-order valence-corrected chi connectivity index (χ1v) is 15.8. The van der Waals surface area contributed by atoms with E-state index in [0.29, 0.717) is 37.0 Å². The third-order valence-electron chi connectivity index (χ3n) is 7.84. The average molecular weight is 575 g/mol. The summed E-state index contributed by atoms with van der Waals surface area (Å²) in [6.07, 6.45) is 4.73. The van der Waals surface area contributed by atoms with Gasteiger partial charge in [-0.15, -0.1) is 11.3 Å². The Morgan fingerprint density at radius 2 is 1.75 bits per heavy atom. The number of amides is 1. The summed E-state index contributed by atoms with van der Waals surface area (Å²) in [7, 11) is 1.67. The predicted molar refractivity (Wildman–Crippen MR) is 163 cm³/mol. The van der Waals surface area contributed by atoms with E-state index < -0.39 is 0 Å². The van der Waals surface area contributed by atoms with E-state index in [1.54, 1.807) is 18.4 Å². The Morgan fingerprint density at radius 1 is 1.00 bits per heavy atom. The molecule has 0 unspecified atom stereocenters. The Balaban J connectivity index is 1.13. The molecule has 2 aromatic carbocycles. The molecule has 1 aliphatic carbocycles. The van der Waals surface area contributed by atoms with Crippen LogP contribution in [0.4, 0.5) is 5.69 Å². The molecular formula is C31H34N4O3S2. The van der Waals surface area contributed by atoms with Crippen molar-refractivity contribution < 1.29 is 9.53 Å². The molecule has 4 aromatic rings. The number of thiophene rings is 1. The summed E-state index contributed by atoms with van der Waals surface area (Å²) in [5.41, 5.74) is 3.49. The highest BCUT2D eigenvalue weighted by Crippen LogP contribution is 2.35. The summed E-state index contributed by atoms with van der Waals surface area (Å²) < 4.78 is 7.08. The van der Waals surface area contributed by atoms with Gasteiger partial charge in [-0.2, -0.15) is 0 Å². The van der Waals surface area contributed by atoms with Crippen LogP contribution in [0.5, 0.6) is 5.75 Å². The zero-order valence-corrected chi connectivity index (χ0v) is 24.4. The largest absolute Gasteiger partial charge is 0.497 e.